The van der Waals surface area contributed by atoms with Gasteiger partial charge in [-0.15, -0.1) is 0 Å². The third kappa shape index (κ3) is 3.98. The van der Waals surface area contributed by atoms with E-state index in [0.29, 0.717) is 5.69 Å². The smallest absolute Gasteiger partial charge is 0.270 e. The van der Waals surface area contributed by atoms with Crippen molar-refractivity contribution in [3.8, 4) is 0 Å². The molecule has 2 heterocycles. The first kappa shape index (κ1) is 22.6. The molecule has 34 heavy (non-hydrogen) atoms. The molecule has 0 unspecified atom stereocenters. The van der Waals surface area contributed by atoms with Crippen LogP contribution < -0.4 is 15.1 Å². The summed E-state index contributed by atoms with van der Waals surface area (Å²) in [4.78, 5) is 29.5. The summed E-state index contributed by atoms with van der Waals surface area (Å²) in [7, 11) is 0. The van der Waals surface area contributed by atoms with Gasteiger partial charge >= 0.3 is 0 Å². The summed E-state index contributed by atoms with van der Waals surface area (Å²) in [5.74, 6) is -1.11. The van der Waals surface area contributed by atoms with Crippen LogP contribution in [0.25, 0.3) is 6.08 Å². The number of benzene rings is 3. The van der Waals surface area contributed by atoms with Gasteiger partial charge in [0.2, 0.25) is 0 Å². The molecule has 0 aliphatic carbocycles. The van der Waals surface area contributed by atoms with Crippen LogP contribution in [0.3, 0.4) is 0 Å². The van der Waals surface area contributed by atoms with Gasteiger partial charge in [-0.25, -0.2) is 0 Å². The van der Waals surface area contributed by atoms with Crippen molar-refractivity contribution < 1.29 is 9.59 Å². The highest BCUT2D eigenvalue weighted by Crippen LogP contribution is 2.35. The fraction of sp³-hybridized carbons (Fsp3) is 0.115. The Hall–Kier alpha value is -3.19. The Morgan fingerprint density at radius 3 is 2.35 bits per heavy atom. The number of nitrogens with zero attached hydrogens (tertiary/aromatic N) is 2. The highest BCUT2D eigenvalue weighted by molar-refractivity contribution is 7.80. The van der Waals surface area contributed by atoms with Crippen molar-refractivity contribution in [2.24, 2.45) is 0 Å². The maximum atomic E-state index is 13.3. The molecule has 0 atom stereocenters. The van der Waals surface area contributed by atoms with Gasteiger partial charge in [-0.3, -0.25) is 19.8 Å². The summed E-state index contributed by atoms with van der Waals surface area (Å²) >= 11 is 17.7. The molecule has 3 aromatic rings. The lowest BCUT2D eigenvalue weighted by atomic mass is 10.0. The van der Waals surface area contributed by atoms with Crippen LogP contribution in [-0.4, -0.2) is 16.9 Å². The third-order valence-corrected chi connectivity index (χ3v) is 7.13. The number of carbonyl (C=O) groups is 2. The molecular weight excluding hydrogens is 489 g/mol. The molecular formula is C26H19Cl2N3O2S. The summed E-state index contributed by atoms with van der Waals surface area (Å²) in [5, 5.41) is 3.00. The van der Waals surface area contributed by atoms with E-state index < -0.39 is 11.8 Å². The van der Waals surface area contributed by atoms with E-state index in [1.807, 2.05) is 19.1 Å². The van der Waals surface area contributed by atoms with Crippen molar-refractivity contribution in [2.45, 2.75) is 20.0 Å². The number of anilines is 2. The lowest BCUT2D eigenvalue weighted by Gasteiger charge is -2.29. The van der Waals surface area contributed by atoms with Crippen LogP contribution in [-0.2, 0) is 22.7 Å². The topological polar surface area (TPSA) is 52.7 Å². The predicted molar refractivity (Wildman–Crippen MR) is 140 cm³/mol. The highest BCUT2D eigenvalue weighted by atomic mass is 35.5. The minimum atomic E-state index is -0.559. The van der Waals surface area contributed by atoms with Gasteiger partial charge in [-0.1, -0.05) is 59.6 Å². The zero-order chi connectivity index (χ0) is 24.0. The van der Waals surface area contributed by atoms with Crippen molar-refractivity contribution in [3.05, 3.63) is 98.5 Å². The second-order valence-corrected chi connectivity index (χ2v) is 9.37. The number of rotatable bonds is 3. The maximum absolute atomic E-state index is 13.3. The van der Waals surface area contributed by atoms with Gasteiger partial charge < -0.3 is 4.90 Å². The molecule has 2 amide bonds. The second kappa shape index (κ2) is 8.87. The van der Waals surface area contributed by atoms with Crippen LogP contribution in [0.2, 0.25) is 10.0 Å². The molecule has 0 saturated carbocycles. The summed E-state index contributed by atoms with van der Waals surface area (Å²) in [6.07, 6.45) is 1.59. The van der Waals surface area contributed by atoms with Crippen molar-refractivity contribution in [3.63, 3.8) is 0 Å². The van der Waals surface area contributed by atoms with E-state index in [1.165, 1.54) is 16.0 Å². The number of hydrogen-bond donors (Lipinski definition) is 1. The van der Waals surface area contributed by atoms with Gasteiger partial charge in [0.05, 0.1) is 15.7 Å². The van der Waals surface area contributed by atoms with Crippen LogP contribution >= 0.6 is 35.4 Å². The van der Waals surface area contributed by atoms with Crippen molar-refractivity contribution in [2.75, 3.05) is 9.80 Å². The number of carbonyl (C=O) groups excluding carboxylic acids is 2. The molecule has 2 aliphatic rings. The van der Waals surface area contributed by atoms with Crippen LogP contribution in [0.4, 0.5) is 11.4 Å². The van der Waals surface area contributed by atoms with Crippen LogP contribution in [0.1, 0.15) is 22.3 Å². The molecule has 5 nitrogen and oxygen atoms in total. The molecule has 1 N–H and O–H groups in total. The van der Waals surface area contributed by atoms with E-state index in [0.717, 1.165) is 29.9 Å². The molecule has 0 aromatic heterocycles. The van der Waals surface area contributed by atoms with Gasteiger partial charge in [0.1, 0.15) is 5.57 Å². The lowest BCUT2D eigenvalue weighted by molar-refractivity contribution is -0.122. The van der Waals surface area contributed by atoms with E-state index >= 15 is 0 Å². The molecule has 1 fully saturated rings. The van der Waals surface area contributed by atoms with Crippen molar-refractivity contribution in [1.82, 2.24) is 5.32 Å². The first-order valence-electron chi connectivity index (χ1n) is 10.6. The van der Waals surface area contributed by atoms with E-state index in [4.69, 9.17) is 35.4 Å². The molecule has 8 heteroatoms. The monoisotopic (exact) mass is 507 g/mol. The number of aryl methyl sites for hydroxylation is 1. The minimum Gasteiger partial charge on any atom is -0.363 e. The average molecular weight is 508 g/mol. The fourth-order valence-corrected chi connectivity index (χ4v) is 4.89. The molecule has 170 valence electrons. The van der Waals surface area contributed by atoms with E-state index in [-0.39, 0.29) is 20.7 Å². The highest BCUT2D eigenvalue weighted by Gasteiger charge is 2.35. The first-order valence-corrected chi connectivity index (χ1v) is 11.8. The van der Waals surface area contributed by atoms with Crippen molar-refractivity contribution >= 4 is 69.8 Å². The minimum absolute atomic E-state index is 0.0333. The molecule has 0 radical (unpaired) electrons. The molecule has 3 aromatic carbocycles. The summed E-state index contributed by atoms with van der Waals surface area (Å²) < 4.78 is 0. The standard InChI is InChI=1S/C26H19Cl2N3O2S/c1-15-11-19(30-13-17-5-2-3-6-18(17)14-30)10-9-16(15)12-20-24(32)29-26(34)31(25(20)33)22-8-4-7-21(27)23(22)28/h2-12H,13-14H2,1H3,(H,29,32,34)/b20-12+. The Kier molecular flexibility index (Phi) is 5.90. The molecule has 0 spiro atoms. The van der Waals surface area contributed by atoms with Gasteiger partial charge in [0.25, 0.3) is 11.8 Å². The van der Waals surface area contributed by atoms with E-state index in [1.54, 1.807) is 24.3 Å². The number of thiocarbonyl (C=S) groups is 1. The number of halogens is 2. The molecule has 0 bridgehead atoms. The summed E-state index contributed by atoms with van der Waals surface area (Å²) in [6.45, 7) is 3.66. The quantitative estimate of drug-likeness (QED) is 0.282. The average Bonchev–Trinajstić information content (AvgIpc) is 3.24. The summed E-state index contributed by atoms with van der Waals surface area (Å²) in [5.41, 5.74) is 5.73. The van der Waals surface area contributed by atoms with Crippen LogP contribution in [0.5, 0.6) is 0 Å². The molecule has 5 rings (SSSR count). The Bertz CT molecular complexity index is 1380. The Morgan fingerprint density at radius 2 is 1.68 bits per heavy atom. The first-order chi connectivity index (χ1) is 16.3. The number of fused-ring (bicyclic) bond motifs is 1. The normalized spacial score (nSPS) is 16.8. The van der Waals surface area contributed by atoms with Crippen LogP contribution in [0, 0.1) is 6.92 Å². The van der Waals surface area contributed by atoms with Crippen LogP contribution in [0.15, 0.2) is 66.2 Å². The van der Waals surface area contributed by atoms with Gasteiger partial charge in [0, 0.05) is 18.8 Å². The SMILES string of the molecule is Cc1cc(N2Cc3ccccc3C2)ccc1/C=C1\C(=O)NC(=S)N(c2cccc(Cl)c2Cl)C1=O. The largest absolute Gasteiger partial charge is 0.363 e. The van der Waals surface area contributed by atoms with E-state index in [9.17, 15) is 9.59 Å². The fourth-order valence-electron chi connectivity index (χ4n) is 4.23. The lowest BCUT2D eigenvalue weighted by Crippen LogP contribution is -2.54. The number of amides is 2. The third-order valence-electron chi connectivity index (χ3n) is 6.03. The van der Waals surface area contributed by atoms with Crippen molar-refractivity contribution in [1.29, 1.82) is 0 Å². The Morgan fingerprint density at radius 1 is 0.971 bits per heavy atom. The van der Waals surface area contributed by atoms with Gasteiger partial charge in [-0.2, -0.15) is 0 Å². The molecule has 1 saturated heterocycles. The number of nitrogens with one attached hydrogen (secondary N) is 1. The Labute approximate surface area is 212 Å². The second-order valence-electron chi connectivity index (χ2n) is 8.20. The maximum Gasteiger partial charge on any atom is 0.270 e. The van der Waals surface area contributed by atoms with Gasteiger partial charge in [0.15, 0.2) is 5.11 Å². The summed E-state index contributed by atoms with van der Waals surface area (Å²) in [6, 6.07) is 19.3. The van der Waals surface area contributed by atoms with E-state index in [2.05, 4.69) is 40.5 Å². The number of hydrogen-bond acceptors (Lipinski definition) is 4. The molecule has 2 aliphatic heterocycles. The predicted octanol–water partition coefficient (Wildman–Crippen LogP) is 5.65. The zero-order valence-corrected chi connectivity index (χ0v) is 20.5. The van der Waals surface area contributed by atoms with Gasteiger partial charge in [-0.05, 0) is 71.7 Å². The Balaban J connectivity index is 1.45. The zero-order valence-electron chi connectivity index (χ0n) is 18.1.